The molecule has 4 rings (SSSR count). The molecule has 0 saturated heterocycles. The predicted molar refractivity (Wildman–Crippen MR) is 101 cm³/mol. The lowest BCUT2D eigenvalue weighted by atomic mass is 10.0. The van der Waals surface area contributed by atoms with Gasteiger partial charge >= 0.3 is 0 Å². The fourth-order valence-corrected chi connectivity index (χ4v) is 5.71. The van der Waals surface area contributed by atoms with Crippen molar-refractivity contribution in [1.29, 1.82) is 0 Å². The molecule has 2 atom stereocenters. The van der Waals surface area contributed by atoms with E-state index in [-0.39, 0.29) is 0 Å². The van der Waals surface area contributed by atoms with Crippen molar-refractivity contribution in [1.82, 2.24) is 0 Å². The van der Waals surface area contributed by atoms with Crippen molar-refractivity contribution in [2.45, 2.75) is 11.8 Å². The third kappa shape index (κ3) is 2.78. The van der Waals surface area contributed by atoms with E-state index in [1.807, 2.05) is 21.6 Å². The van der Waals surface area contributed by atoms with Crippen LogP contribution in [0.4, 0.5) is 0 Å². The first-order chi connectivity index (χ1) is 10.9. The van der Waals surface area contributed by atoms with Gasteiger partial charge in [0.25, 0.3) is 0 Å². The Morgan fingerprint density at radius 2 is 1.09 bits per heavy atom. The molecule has 2 unspecified atom stereocenters. The Balaban J connectivity index is 1.29. The monoisotopic (exact) mass is 322 g/mol. The van der Waals surface area contributed by atoms with Crippen molar-refractivity contribution < 1.29 is 0 Å². The number of hydrogen-bond donors (Lipinski definition) is 0. The van der Waals surface area contributed by atoms with Crippen LogP contribution in [0.1, 0.15) is 34.1 Å². The van der Waals surface area contributed by atoms with E-state index in [0.717, 1.165) is 11.5 Å². The minimum Gasteiger partial charge on any atom is -0.0932 e. The number of rotatable bonds is 5. The molecule has 0 radical (unpaired) electrons. The van der Waals surface area contributed by atoms with Crippen LogP contribution in [0.15, 0.2) is 60.7 Å². The zero-order chi connectivity index (χ0) is 14.8. The molecule has 2 aliphatic carbocycles. The molecule has 0 saturated carbocycles. The molecule has 0 spiro atoms. The maximum absolute atomic E-state index is 2.35. The number of fused-ring (bicyclic) bond motifs is 2. The SMILES string of the molecule is C1=CC(CSSCC2C=Cc3ccccc32)c2ccccc21. The molecule has 0 heterocycles. The van der Waals surface area contributed by atoms with Crippen LogP contribution in [0.25, 0.3) is 12.2 Å². The standard InChI is InChI=1S/C20H18S2/c1-3-7-19-15(5-1)9-11-17(19)13-21-22-14-18-12-10-16-6-2-4-8-20(16)18/h1-12,17-18H,13-14H2. The largest absolute Gasteiger partial charge is 0.0932 e. The van der Waals surface area contributed by atoms with Crippen LogP contribution in [0.3, 0.4) is 0 Å². The molecule has 110 valence electrons. The molecule has 0 fully saturated rings. The third-order valence-electron chi connectivity index (χ3n) is 4.39. The summed E-state index contributed by atoms with van der Waals surface area (Å²) in [4.78, 5) is 0. The van der Waals surface area contributed by atoms with Crippen molar-refractivity contribution in [3.8, 4) is 0 Å². The van der Waals surface area contributed by atoms with Crippen LogP contribution >= 0.6 is 21.6 Å². The first kappa shape index (κ1) is 14.2. The van der Waals surface area contributed by atoms with Crippen LogP contribution < -0.4 is 0 Å². The van der Waals surface area contributed by atoms with Crippen molar-refractivity contribution in [2.24, 2.45) is 0 Å². The Kier molecular flexibility index (Phi) is 4.13. The summed E-state index contributed by atoms with van der Waals surface area (Å²) in [5.41, 5.74) is 5.76. The molecule has 0 bridgehead atoms. The highest BCUT2D eigenvalue weighted by Gasteiger charge is 2.19. The Morgan fingerprint density at radius 3 is 1.59 bits per heavy atom. The van der Waals surface area contributed by atoms with E-state index in [4.69, 9.17) is 0 Å². The topological polar surface area (TPSA) is 0 Å². The zero-order valence-corrected chi connectivity index (χ0v) is 13.9. The van der Waals surface area contributed by atoms with Gasteiger partial charge in [-0.2, -0.15) is 0 Å². The van der Waals surface area contributed by atoms with Gasteiger partial charge in [0.05, 0.1) is 0 Å². The maximum atomic E-state index is 2.35. The van der Waals surface area contributed by atoms with E-state index in [1.165, 1.54) is 22.3 Å². The average molecular weight is 322 g/mol. The van der Waals surface area contributed by atoms with Gasteiger partial charge in [-0.1, -0.05) is 94.4 Å². The first-order valence-corrected chi connectivity index (χ1v) is 10.2. The zero-order valence-electron chi connectivity index (χ0n) is 12.3. The molecule has 22 heavy (non-hydrogen) atoms. The lowest BCUT2D eigenvalue weighted by Gasteiger charge is -2.12. The quantitative estimate of drug-likeness (QED) is 0.490. The molecule has 0 nitrogen and oxygen atoms in total. The Morgan fingerprint density at radius 1 is 0.636 bits per heavy atom. The molecular formula is C20H18S2. The van der Waals surface area contributed by atoms with Gasteiger partial charge < -0.3 is 0 Å². The minimum absolute atomic E-state index is 0.583. The average Bonchev–Trinajstić information content (AvgIpc) is 3.16. The summed E-state index contributed by atoms with van der Waals surface area (Å²) < 4.78 is 0. The van der Waals surface area contributed by atoms with E-state index >= 15 is 0 Å². The number of hydrogen-bond acceptors (Lipinski definition) is 2. The van der Waals surface area contributed by atoms with Gasteiger partial charge in [-0.25, -0.2) is 0 Å². The van der Waals surface area contributed by atoms with Gasteiger partial charge in [0.1, 0.15) is 0 Å². The minimum atomic E-state index is 0.583. The summed E-state index contributed by atoms with van der Waals surface area (Å²) in [6.45, 7) is 0. The lowest BCUT2D eigenvalue weighted by Crippen LogP contribution is -1.97. The molecule has 0 N–H and O–H groups in total. The van der Waals surface area contributed by atoms with Gasteiger partial charge in [-0.15, -0.1) is 0 Å². The van der Waals surface area contributed by atoms with Gasteiger partial charge in [0.15, 0.2) is 0 Å². The number of allylic oxidation sites excluding steroid dienone is 2. The van der Waals surface area contributed by atoms with Crippen LogP contribution in [-0.4, -0.2) is 11.5 Å². The second-order valence-corrected chi connectivity index (χ2v) is 8.31. The lowest BCUT2D eigenvalue weighted by molar-refractivity contribution is 1.01. The van der Waals surface area contributed by atoms with Crippen molar-refractivity contribution in [2.75, 3.05) is 11.5 Å². The van der Waals surface area contributed by atoms with Crippen LogP contribution in [0.5, 0.6) is 0 Å². The maximum Gasteiger partial charge on any atom is 0.0141 e. The van der Waals surface area contributed by atoms with Crippen LogP contribution in [-0.2, 0) is 0 Å². The highest BCUT2D eigenvalue weighted by molar-refractivity contribution is 8.76. The molecule has 0 amide bonds. The van der Waals surface area contributed by atoms with E-state index in [2.05, 4.69) is 72.8 Å². The number of benzene rings is 2. The second kappa shape index (κ2) is 6.39. The summed E-state index contributed by atoms with van der Waals surface area (Å²) in [5, 5.41) is 0. The summed E-state index contributed by atoms with van der Waals surface area (Å²) in [5.74, 6) is 3.49. The highest BCUT2D eigenvalue weighted by atomic mass is 33.1. The Hall–Kier alpha value is -1.38. The normalized spacial score (nSPS) is 21.1. The molecule has 0 aliphatic heterocycles. The Labute approximate surface area is 140 Å². The summed E-state index contributed by atoms with van der Waals surface area (Å²) in [7, 11) is 4.01. The third-order valence-corrected chi connectivity index (χ3v) is 6.86. The molecular weight excluding hydrogens is 304 g/mol. The van der Waals surface area contributed by atoms with Crippen LogP contribution in [0, 0.1) is 0 Å². The van der Waals surface area contributed by atoms with Crippen LogP contribution in [0.2, 0.25) is 0 Å². The summed E-state index contributed by atoms with van der Waals surface area (Å²) in [6.07, 6.45) is 9.23. The van der Waals surface area contributed by atoms with Gasteiger partial charge in [-0.3, -0.25) is 0 Å². The van der Waals surface area contributed by atoms with Crippen molar-refractivity contribution in [3.05, 3.63) is 82.9 Å². The van der Waals surface area contributed by atoms with E-state index in [1.54, 1.807) is 0 Å². The fraction of sp³-hybridized carbons (Fsp3) is 0.200. The smallest absolute Gasteiger partial charge is 0.0141 e. The first-order valence-electron chi connectivity index (χ1n) is 7.70. The second-order valence-electron chi connectivity index (χ2n) is 5.76. The van der Waals surface area contributed by atoms with Gasteiger partial charge in [-0.05, 0) is 22.3 Å². The summed E-state index contributed by atoms with van der Waals surface area (Å²) in [6, 6.07) is 17.5. The molecule has 2 heteroatoms. The van der Waals surface area contributed by atoms with Crippen molar-refractivity contribution in [3.63, 3.8) is 0 Å². The molecule has 0 aromatic heterocycles. The van der Waals surface area contributed by atoms with Crippen molar-refractivity contribution >= 4 is 33.7 Å². The molecule has 2 aromatic carbocycles. The highest BCUT2D eigenvalue weighted by Crippen LogP contribution is 2.39. The molecule has 2 aliphatic rings. The summed E-state index contributed by atoms with van der Waals surface area (Å²) >= 11 is 0. The van der Waals surface area contributed by atoms with E-state index in [9.17, 15) is 0 Å². The predicted octanol–water partition coefficient (Wildman–Crippen LogP) is 5.99. The molecule has 2 aromatic rings. The van der Waals surface area contributed by atoms with E-state index in [0.29, 0.717) is 11.8 Å². The Bertz CT molecular complexity index is 666. The van der Waals surface area contributed by atoms with E-state index < -0.39 is 0 Å². The fourth-order valence-electron chi connectivity index (χ4n) is 3.18. The van der Waals surface area contributed by atoms with Gasteiger partial charge in [0, 0.05) is 23.3 Å². The van der Waals surface area contributed by atoms with Gasteiger partial charge in [0.2, 0.25) is 0 Å².